The fraction of sp³-hybridized carbons (Fsp3) is 0.118. The van der Waals surface area contributed by atoms with E-state index in [9.17, 15) is 4.79 Å². The molecule has 2 rings (SSSR count). The number of nitrogens with zero attached hydrogens (tertiary/aromatic N) is 2. The summed E-state index contributed by atoms with van der Waals surface area (Å²) in [4.78, 5) is 14.8. The van der Waals surface area contributed by atoms with Crippen molar-refractivity contribution >= 4 is 46.5 Å². The monoisotopic (exact) mass is 378 g/mol. The molecule has 4 nitrogen and oxygen atoms in total. The van der Waals surface area contributed by atoms with Crippen molar-refractivity contribution in [3.8, 4) is 6.07 Å². The van der Waals surface area contributed by atoms with Gasteiger partial charge in [0.1, 0.15) is 6.07 Å². The normalized spacial score (nSPS) is 9.92. The van der Waals surface area contributed by atoms with Crippen LogP contribution in [0, 0.1) is 17.9 Å². The molecule has 0 spiro atoms. The molecule has 120 valence electrons. The van der Waals surface area contributed by atoms with Gasteiger partial charge in [0.25, 0.3) is 0 Å². The van der Waals surface area contributed by atoms with Crippen LogP contribution in [0.15, 0.2) is 24.3 Å². The Morgan fingerprint density at radius 3 is 2.33 bits per heavy atom. The molecule has 24 heavy (non-hydrogen) atoms. The number of halogens is 3. The number of benzene rings is 2. The minimum atomic E-state index is -0.439. The summed E-state index contributed by atoms with van der Waals surface area (Å²) >= 11 is 18.4. The summed E-state index contributed by atoms with van der Waals surface area (Å²) in [5.74, 6) is -0.439. The summed E-state index contributed by atoms with van der Waals surface area (Å²) in [7, 11) is 1.30. The average Bonchev–Trinajstić information content (AvgIpc) is 2.60. The van der Waals surface area contributed by atoms with Gasteiger partial charge >= 0.3 is 5.97 Å². The number of carbonyl (C=O) groups excluding carboxylic acids is 1. The first kappa shape index (κ1) is 18.1. The third-order valence-corrected chi connectivity index (χ3v) is 4.63. The van der Waals surface area contributed by atoms with E-state index in [0.717, 1.165) is 5.56 Å². The highest BCUT2D eigenvalue weighted by atomic mass is 35.5. The van der Waals surface area contributed by atoms with Crippen LogP contribution < -0.4 is 0 Å². The van der Waals surface area contributed by atoms with Gasteiger partial charge < -0.3 is 4.74 Å². The van der Waals surface area contributed by atoms with Crippen LogP contribution in [0.5, 0.6) is 0 Å². The maximum Gasteiger partial charge on any atom is 0.337 e. The summed E-state index contributed by atoms with van der Waals surface area (Å²) in [5.41, 5.74) is 1.73. The van der Waals surface area contributed by atoms with Gasteiger partial charge in [-0.3, -0.25) is 0 Å². The van der Waals surface area contributed by atoms with Crippen molar-refractivity contribution in [1.29, 1.82) is 5.26 Å². The number of esters is 1. The second kappa shape index (κ2) is 7.55. The Balaban J connectivity index is 2.49. The van der Waals surface area contributed by atoms with E-state index < -0.39 is 5.97 Å². The summed E-state index contributed by atoms with van der Waals surface area (Å²) < 4.78 is 4.64. The predicted octanol–water partition coefficient (Wildman–Crippen LogP) is 5.45. The van der Waals surface area contributed by atoms with Crippen molar-refractivity contribution in [2.45, 2.75) is 6.42 Å². The number of rotatable bonds is 3. The van der Waals surface area contributed by atoms with Crippen LogP contribution in [-0.2, 0) is 11.2 Å². The van der Waals surface area contributed by atoms with E-state index in [2.05, 4.69) is 9.58 Å². The molecule has 0 saturated carbocycles. The molecule has 0 radical (unpaired) electrons. The van der Waals surface area contributed by atoms with E-state index in [1.807, 2.05) is 6.07 Å². The van der Waals surface area contributed by atoms with E-state index in [1.54, 1.807) is 24.3 Å². The molecule has 0 aliphatic heterocycles. The smallest absolute Gasteiger partial charge is 0.337 e. The average molecular weight is 380 g/mol. The van der Waals surface area contributed by atoms with Gasteiger partial charge in [0.05, 0.1) is 39.9 Å². The van der Waals surface area contributed by atoms with Crippen molar-refractivity contribution < 1.29 is 9.53 Å². The molecular formula is C17H9Cl3N2O2. The minimum Gasteiger partial charge on any atom is -0.465 e. The molecule has 0 unspecified atom stereocenters. The van der Waals surface area contributed by atoms with E-state index in [4.69, 9.17) is 46.6 Å². The molecule has 0 aliphatic carbocycles. The van der Waals surface area contributed by atoms with Crippen LogP contribution in [0.2, 0.25) is 15.1 Å². The first-order valence-electron chi connectivity index (χ1n) is 6.58. The Kier molecular flexibility index (Phi) is 5.70. The van der Waals surface area contributed by atoms with Gasteiger partial charge in [-0.2, -0.15) is 5.26 Å². The van der Waals surface area contributed by atoms with Gasteiger partial charge in [-0.15, -0.1) is 0 Å². The van der Waals surface area contributed by atoms with Crippen LogP contribution in [0.3, 0.4) is 0 Å². The van der Waals surface area contributed by atoms with Crippen molar-refractivity contribution in [3.05, 3.63) is 73.0 Å². The molecule has 0 aromatic heterocycles. The van der Waals surface area contributed by atoms with Gasteiger partial charge in [-0.05, 0) is 29.7 Å². The van der Waals surface area contributed by atoms with Gasteiger partial charge in [-0.1, -0.05) is 46.9 Å². The maximum absolute atomic E-state index is 11.4. The largest absolute Gasteiger partial charge is 0.465 e. The second-order valence-corrected chi connectivity index (χ2v) is 5.87. The van der Waals surface area contributed by atoms with Crippen LogP contribution in [0.1, 0.15) is 27.0 Å². The van der Waals surface area contributed by atoms with E-state index in [-0.39, 0.29) is 32.7 Å². The lowest BCUT2D eigenvalue weighted by Crippen LogP contribution is -2.01. The van der Waals surface area contributed by atoms with Crippen molar-refractivity contribution in [2.75, 3.05) is 7.11 Å². The summed E-state index contributed by atoms with van der Waals surface area (Å²) in [5, 5.41) is 9.25. The number of methoxy groups -OCH3 is 1. The van der Waals surface area contributed by atoms with Gasteiger partial charge in [-0.25, -0.2) is 9.64 Å². The summed E-state index contributed by atoms with van der Waals surface area (Å²) in [6.45, 7) is 7.31. The Morgan fingerprint density at radius 2 is 1.83 bits per heavy atom. The Morgan fingerprint density at radius 1 is 1.21 bits per heavy atom. The fourth-order valence-corrected chi connectivity index (χ4v) is 2.99. The SMILES string of the molecule is [C-]#[N+]c1c(Cl)c(C#N)c(Cl)c(Cl)c1Cc1ccc(C(=O)OC)cc1. The molecule has 0 saturated heterocycles. The number of carbonyl (C=O) groups is 1. The van der Waals surface area contributed by atoms with Crippen molar-refractivity contribution in [1.82, 2.24) is 0 Å². The molecule has 2 aromatic rings. The molecule has 7 heteroatoms. The van der Waals surface area contributed by atoms with E-state index in [0.29, 0.717) is 11.1 Å². The van der Waals surface area contributed by atoms with Crippen LogP contribution in [0.4, 0.5) is 5.69 Å². The highest BCUT2D eigenvalue weighted by Crippen LogP contribution is 2.43. The third-order valence-electron chi connectivity index (χ3n) is 3.37. The highest BCUT2D eigenvalue weighted by Gasteiger charge is 2.21. The number of hydrogen-bond acceptors (Lipinski definition) is 3. The highest BCUT2D eigenvalue weighted by molar-refractivity contribution is 6.46. The lowest BCUT2D eigenvalue weighted by atomic mass is 10.00. The Labute approximate surface area is 153 Å². The molecule has 0 N–H and O–H groups in total. The number of nitriles is 1. The van der Waals surface area contributed by atoms with Gasteiger partial charge in [0.15, 0.2) is 0 Å². The zero-order valence-corrected chi connectivity index (χ0v) is 14.6. The zero-order valence-electron chi connectivity index (χ0n) is 12.4. The standard InChI is InChI=1S/C17H9Cl3N2O2/c1-22-16-11(13(18)14(19)12(8-21)15(16)20)7-9-3-5-10(6-4-9)17(23)24-2/h3-6H,7H2,2H3. The van der Waals surface area contributed by atoms with Gasteiger partial charge in [0, 0.05) is 0 Å². The Bertz CT molecular complexity index is 894. The number of hydrogen-bond donors (Lipinski definition) is 0. The summed E-state index contributed by atoms with van der Waals surface area (Å²) in [6, 6.07) is 8.51. The number of ether oxygens (including phenoxy) is 1. The topological polar surface area (TPSA) is 54.5 Å². The lowest BCUT2D eigenvalue weighted by molar-refractivity contribution is 0.0600. The first-order chi connectivity index (χ1) is 11.4. The molecule has 0 heterocycles. The molecule has 2 aromatic carbocycles. The van der Waals surface area contributed by atoms with Crippen LogP contribution in [-0.4, -0.2) is 13.1 Å². The van der Waals surface area contributed by atoms with E-state index in [1.165, 1.54) is 7.11 Å². The molecule has 0 fully saturated rings. The molecule has 0 aliphatic rings. The van der Waals surface area contributed by atoms with Crippen LogP contribution >= 0.6 is 34.8 Å². The lowest BCUT2D eigenvalue weighted by Gasteiger charge is -2.12. The fourth-order valence-electron chi connectivity index (χ4n) is 2.15. The third kappa shape index (κ3) is 3.32. The molecule has 0 atom stereocenters. The second-order valence-electron chi connectivity index (χ2n) is 4.73. The molecule has 0 amide bonds. The van der Waals surface area contributed by atoms with Crippen molar-refractivity contribution in [2.24, 2.45) is 0 Å². The summed E-state index contributed by atoms with van der Waals surface area (Å²) in [6.07, 6.45) is 0.281. The zero-order chi connectivity index (χ0) is 17.9. The van der Waals surface area contributed by atoms with Gasteiger partial charge in [0.2, 0.25) is 5.69 Å². The minimum absolute atomic E-state index is 0.0110. The maximum atomic E-state index is 11.4. The predicted molar refractivity (Wildman–Crippen MR) is 93.0 cm³/mol. The van der Waals surface area contributed by atoms with E-state index >= 15 is 0 Å². The van der Waals surface area contributed by atoms with Crippen molar-refractivity contribution in [3.63, 3.8) is 0 Å². The van der Waals surface area contributed by atoms with Crippen LogP contribution in [0.25, 0.3) is 4.85 Å². The Hall–Kier alpha value is -2.24. The first-order valence-corrected chi connectivity index (χ1v) is 7.72. The molecular weight excluding hydrogens is 371 g/mol. The molecule has 0 bridgehead atoms. The quantitative estimate of drug-likeness (QED) is 0.405.